The zero-order valence-corrected chi connectivity index (χ0v) is 6.93. The Kier molecular flexibility index (Phi) is 2.45. The van der Waals surface area contributed by atoms with E-state index in [4.69, 9.17) is 0 Å². The van der Waals surface area contributed by atoms with Crippen LogP contribution in [0.3, 0.4) is 0 Å². The number of aryl methyl sites for hydroxylation is 1. The third-order valence-electron chi connectivity index (χ3n) is 1.63. The highest BCUT2D eigenvalue weighted by atomic mass is 19.4. The molecule has 0 aliphatic rings. The first-order valence-corrected chi connectivity index (χ1v) is 3.72. The van der Waals surface area contributed by atoms with Crippen molar-refractivity contribution in [2.75, 3.05) is 0 Å². The zero-order chi connectivity index (χ0) is 10.1. The van der Waals surface area contributed by atoms with Crippen LogP contribution in [0.2, 0.25) is 0 Å². The number of halogens is 3. The molecule has 0 heterocycles. The Morgan fingerprint density at radius 2 is 1.62 bits per heavy atom. The van der Waals surface area contributed by atoms with Crippen LogP contribution >= 0.6 is 0 Å². The van der Waals surface area contributed by atoms with Gasteiger partial charge in [-0.05, 0) is 12.5 Å². The van der Waals surface area contributed by atoms with Crippen molar-refractivity contribution in [2.24, 2.45) is 0 Å². The number of rotatable bonds is 2. The molecule has 0 aliphatic heterocycles. The van der Waals surface area contributed by atoms with E-state index in [0.29, 0.717) is 0 Å². The molecule has 0 unspecified atom stereocenters. The van der Waals surface area contributed by atoms with Gasteiger partial charge in [0.15, 0.2) is 0 Å². The summed E-state index contributed by atoms with van der Waals surface area (Å²) in [5.74, 6) is 0. The van der Waals surface area contributed by atoms with Gasteiger partial charge in [0.25, 0.3) is 0 Å². The highest BCUT2D eigenvalue weighted by molar-refractivity contribution is 6.93. The van der Waals surface area contributed by atoms with Crippen LogP contribution in [0, 0.1) is 6.92 Å². The van der Waals surface area contributed by atoms with Gasteiger partial charge in [0.2, 0.25) is 0 Å². The SMILES string of the molecule is Cc1ccc(C(=O)[B-](F)(F)F)cc1. The van der Waals surface area contributed by atoms with E-state index >= 15 is 0 Å². The fraction of sp³-hybridized carbons (Fsp3) is 0.125. The number of carbonyl (C=O) groups is 1. The van der Waals surface area contributed by atoms with Gasteiger partial charge >= 0.3 is 6.98 Å². The molecule has 0 spiro atoms. The molecule has 1 aromatic carbocycles. The lowest BCUT2D eigenvalue weighted by Crippen LogP contribution is -2.29. The van der Waals surface area contributed by atoms with E-state index in [1.165, 1.54) is 24.3 Å². The van der Waals surface area contributed by atoms with Crippen molar-refractivity contribution in [1.82, 2.24) is 0 Å². The lowest BCUT2D eigenvalue weighted by atomic mass is 9.80. The monoisotopic (exact) mass is 187 g/mol. The van der Waals surface area contributed by atoms with Crippen LogP contribution in [0.15, 0.2) is 24.3 Å². The summed E-state index contributed by atoms with van der Waals surface area (Å²) in [6.45, 7) is -3.66. The van der Waals surface area contributed by atoms with Gasteiger partial charge in [-0.2, -0.15) is 0 Å². The van der Waals surface area contributed by atoms with E-state index in [1.54, 1.807) is 6.92 Å². The topological polar surface area (TPSA) is 17.1 Å². The van der Waals surface area contributed by atoms with E-state index < -0.39 is 12.7 Å². The molecule has 0 fully saturated rings. The molecule has 0 saturated heterocycles. The molecular weight excluding hydrogens is 180 g/mol. The predicted octanol–water partition coefficient (Wildman–Crippen LogP) is 2.56. The van der Waals surface area contributed by atoms with Crippen LogP contribution in [0.1, 0.15) is 15.9 Å². The second-order valence-corrected chi connectivity index (χ2v) is 2.81. The summed E-state index contributed by atoms with van der Waals surface area (Å²) in [5, 5.41) is 0. The Morgan fingerprint density at radius 1 is 1.15 bits per heavy atom. The fourth-order valence-electron chi connectivity index (χ4n) is 0.907. The number of benzene rings is 1. The van der Waals surface area contributed by atoms with E-state index in [2.05, 4.69) is 0 Å². The van der Waals surface area contributed by atoms with Gasteiger partial charge in [-0.15, -0.1) is 0 Å². The number of carbonyl (C=O) groups excluding carboxylic acids is 1. The van der Waals surface area contributed by atoms with Gasteiger partial charge in [0, 0.05) is 0 Å². The summed E-state index contributed by atoms with van der Waals surface area (Å²) < 4.78 is 35.8. The lowest BCUT2D eigenvalue weighted by molar-refractivity contribution is 0.102. The van der Waals surface area contributed by atoms with Crippen molar-refractivity contribution < 1.29 is 17.7 Å². The third-order valence-corrected chi connectivity index (χ3v) is 1.63. The first kappa shape index (κ1) is 9.83. The second-order valence-electron chi connectivity index (χ2n) is 2.81. The van der Waals surface area contributed by atoms with Crippen LogP contribution in [0.25, 0.3) is 0 Å². The van der Waals surface area contributed by atoms with E-state index in [9.17, 15) is 17.7 Å². The van der Waals surface area contributed by atoms with Crippen molar-refractivity contribution in [1.29, 1.82) is 0 Å². The van der Waals surface area contributed by atoms with Crippen molar-refractivity contribution >= 4 is 12.7 Å². The average Bonchev–Trinajstić information content (AvgIpc) is 2.03. The summed E-state index contributed by atoms with van der Waals surface area (Å²) >= 11 is 0. The minimum atomic E-state index is -5.40. The van der Waals surface area contributed by atoms with E-state index in [-0.39, 0.29) is 5.56 Å². The predicted molar refractivity (Wildman–Crippen MR) is 44.6 cm³/mol. The third kappa shape index (κ3) is 2.34. The molecule has 5 heteroatoms. The molecule has 0 amide bonds. The molecule has 0 aliphatic carbocycles. The van der Waals surface area contributed by atoms with E-state index in [1.807, 2.05) is 0 Å². The molecule has 1 rings (SSSR count). The van der Waals surface area contributed by atoms with Gasteiger partial charge < -0.3 is 17.7 Å². The smallest absolute Gasteiger partial charge is 0.443 e. The molecule has 0 aromatic heterocycles. The average molecular weight is 187 g/mol. The van der Waals surface area contributed by atoms with Gasteiger partial charge in [0.05, 0.1) is 0 Å². The van der Waals surface area contributed by atoms with Crippen molar-refractivity contribution in [3.8, 4) is 0 Å². The first-order chi connectivity index (χ1) is 5.91. The zero-order valence-electron chi connectivity index (χ0n) is 6.93. The molecule has 0 saturated carbocycles. The molecule has 0 N–H and O–H groups in total. The second kappa shape index (κ2) is 3.24. The molecule has 0 radical (unpaired) electrons. The van der Waals surface area contributed by atoms with Gasteiger partial charge in [-0.3, -0.25) is 0 Å². The normalized spacial score (nSPS) is 11.4. The summed E-state index contributed by atoms with van der Waals surface area (Å²) in [7, 11) is 0. The minimum absolute atomic E-state index is 0.293. The largest absolute Gasteiger partial charge is 0.549 e. The van der Waals surface area contributed by atoms with Crippen molar-refractivity contribution in [3.63, 3.8) is 0 Å². The standard InChI is InChI=1S/C8H7BF3O/c1-6-2-4-7(5-3-6)8(13)9(10,11)12/h2-5H,1H3/q-1. The molecular formula is C8H7BF3O-. The molecule has 0 atom stereocenters. The van der Waals surface area contributed by atoms with Gasteiger partial charge in [-0.1, -0.05) is 29.8 Å². The van der Waals surface area contributed by atoms with Gasteiger partial charge in [-0.25, -0.2) is 0 Å². The Morgan fingerprint density at radius 3 is 2.00 bits per heavy atom. The van der Waals surface area contributed by atoms with Gasteiger partial charge in [0.1, 0.15) is 5.68 Å². The van der Waals surface area contributed by atoms with Crippen LogP contribution in [0.5, 0.6) is 0 Å². The first-order valence-electron chi connectivity index (χ1n) is 3.72. The highest BCUT2D eigenvalue weighted by Gasteiger charge is 2.33. The summed E-state index contributed by atoms with van der Waals surface area (Å²) in [4.78, 5) is 10.7. The van der Waals surface area contributed by atoms with Crippen molar-refractivity contribution in [3.05, 3.63) is 35.4 Å². The van der Waals surface area contributed by atoms with Crippen LogP contribution in [0.4, 0.5) is 12.9 Å². The molecule has 13 heavy (non-hydrogen) atoms. The molecule has 0 bridgehead atoms. The minimum Gasteiger partial charge on any atom is -0.443 e. The van der Waals surface area contributed by atoms with Crippen LogP contribution < -0.4 is 0 Å². The van der Waals surface area contributed by atoms with E-state index in [0.717, 1.165) is 5.56 Å². The summed E-state index contributed by atoms with van der Waals surface area (Å²) in [6.07, 6.45) is 0. The Balaban J connectivity index is 2.97. The Bertz CT molecular complexity index is 315. The maximum atomic E-state index is 11.9. The van der Waals surface area contributed by atoms with Crippen molar-refractivity contribution in [2.45, 2.75) is 6.92 Å². The lowest BCUT2D eigenvalue weighted by Gasteiger charge is -2.12. The fourth-order valence-corrected chi connectivity index (χ4v) is 0.907. The van der Waals surface area contributed by atoms with Crippen LogP contribution in [-0.4, -0.2) is 12.7 Å². The summed E-state index contributed by atoms with van der Waals surface area (Å²) in [5.41, 5.74) is -1.20. The quantitative estimate of drug-likeness (QED) is 0.650. The molecule has 1 nitrogen and oxygen atoms in total. The maximum Gasteiger partial charge on any atom is 0.549 e. The van der Waals surface area contributed by atoms with Crippen LogP contribution in [-0.2, 0) is 0 Å². The Hall–Kier alpha value is -1.26. The Labute approximate surface area is 73.6 Å². The molecule has 1 aromatic rings. The maximum absolute atomic E-state index is 11.9. The highest BCUT2D eigenvalue weighted by Crippen LogP contribution is 2.16. The number of hydrogen-bond donors (Lipinski definition) is 0. The number of hydrogen-bond acceptors (Lipinski definition) is 1. The summed E-state index contributed by atoms with van der Waals surface area (Å²) in [6, 6.07) is 5.34. The molecule has 70 valence electrons.